The largest absolute Gasteiger partial charge is 0.496 e. The van der Waals surface area contributed by atoms with Crippen molar-refractivity contribution in [2.75, 3.05) is 27.3 Å². The number of alkyl halides is 3. The quantitative estimate of drug-likeness (QED) is 0.358. The summed E-state index contributed by atoms with van der Waals surface area (Å²) in [5, 5.41) is 0. The number of amides is 1. The van der Waals surface area contributed by atoms with Crippen LogP contribution in [0.2, 0.25) is 0 Å². The number of nitrogens with zero attached hydrogens (tertiary/aromatic N) is 4. The molecule has 1 aromatic carbocycles. The number of benzene rings is 1. The van der Waals surface area contributed by atoms with Crippen LogP contribution in [0.1, 0.15) is 41.4 Å². The Balaban J connectivity index is 1.33. The van der Waals surface area contributed by atoms with E-state index in [9.17, 15) is 22.8 Å². The molecule has 3 aromatic rings. The molecule has 0 spiro atoms. The zero-order valence-corrected chi connectivity index (χ0v) is 25.1. The van der Waals surface area contributed by atoms with Gasteiger partial charge in [-0.3, -0.25) is 14.5 Å². The lowest BCUT2D eigenvalue weighted by molar-refractivity contribution is -0.141. The van der Waals surface area contributed by atoms with Gasteiger partial charge >= 0.3 is 6.18 Å². The Labute approximate surface area is 248 Å². The molecule has 2 bridgehead atoms. The van der Waals surface area contributed by atoms with E-state index in [0.29, 0.717) is 42.3 Å². The maximum absolute atomic E-state index is 13.3. The second-order valence-electron chi connectivity index (χ2n) is 11.3. The smallest absolute Gasteiger partial charge is 0.433 e. The summed E-state index contributed by atoms with van der Waals surface area (Å²) >= 11 is 0. The highest BCUT2D eigenvalue weighted by molar-refractivity contribution is 5.97. The number of methoxy groups -OCH3 is 2. The summed E-state index contributed by atoms with van der Waals surface area (Å²) in [4.78, 5) is 33.5. The lowest BCUT2D eigenvalue weighted by Crippen LogP contribution is -2.48. The van der Waals surface area contributed by atoms with Gasteiger partial charge in [-0.15, -0.1) is 0 Å². The first-order valence-electron chi connectivity index (χ1n) is 14.0. The van der Waals surface area contributed by atoms with Crippen LogP contribution < -0.4 is 15.0 Å². The molecule has 0 aliphatic carbocycles. The Morgan fingerprint density at radius 2 is 1.74 bits per heavy atom. The van der Waals surface area contributed by atoms with Crippen LogP contribution in [0, 0.1) is 13.8 Å². The van der Waals surface area contributed by atoms with Gasteiger partial charge in [0.05, 0.1) is 25.5 Å². The number of pyridine rings is 2. The molecule has 2 fully saturated rings. The van der Waals surface area contributed by atoms with Gasteiger partial charge in [-0.2, -0.15) is 13.2 Å². The highest BCUT2D eigenvalue weighted by Gasteiger charge is 2.45. The number of fused-ring (bicyclic) bond motifs is 2. The minimum Gasteiger partial charge on any atom is -0.496 e. The molecular formula is C32H35F3N4O4. The number of likely N-dealkylation sites (tertiary alicyclic amines) is 2. The third kappa shape index (κ3) is 5.78. The molecule has 2 aliphatic heterocycles. The number of carbonyl (C=O) groups is 1. The molecule has 0 saturated carbocycles. The summed E-state index contributed by atoms with van der Waals surface area (Å²) in [6, 6.07) is 7.69. The Hall–Kier alpha value is -4.12. The van der Waals surface area contributed by atoms with E-state index >= 15 is 0 Å². The molecule has 43 heavy (non-hydrogen) atoms. The molecule has 2 unspecified atom stereocenters. The van der Waals surface area contributed by atoms with Crippen molar-refractivity contribution in [1.29, 1.82) is 0 Å². The van der Waals surface area contributed by atoms with E-state index in [-0.39, 0.29) is 29.2 Å². The summed E-state index contributed by atoms with van der Waals surface area (Å²) in [7, 11) is 4.97. The van der Waals surface area contributed by atoms with Crippen LogP contribution in [0.5, 0.6) is 11.5 Å². The molecule has 2 saturated heterocycles. The zero-order chi connectivity index (χ0) is 31.2. The van der Waals surface area contributed by atoms with Gasteiger partial charge in [-0.1, -0.05) is 6.07 Å². The molecule has 5 rings (SSSR count). The number of aryl methyl sites for hydroxylation is 1. The van der Waals surface area contributed by atoms with Crippen LogP contribution in [0.3, 0.4) is 0 Å². The van der Waals surface area contributed by atoms with E-state index in [4.69, 9.17) is 9.47 Å². The monoisotopic (exact) mass is 596 g/mol. The van der Waals surface area contributed by atoms with Crippen LogP contribution in [0.4, 0.5) is 13.2 Å². The standard InChI is InChI=1S/C32H35F3N4O4/c1-18(10-22-8-7-9-29(36-22)32(33,34)35)30(40)39-15-23-13-24(39)14-38(23)17-26-27(42-5)11-21(12-28(26)43-6)25-16-37(4)31(41)20(3)19(25)2/h7-12,16,23-24H,13-15,17H2,1-6H3/b18-10+. The average molecular weight is 597 g/mol. The van der Waals surface area contributed by atoms with Crippen molar-refractivity contribution in [2.24, 2.45) is 7.05 Å². The third-order valence-corrected chi connectivity index (χ3v) is 8.59. The lowest BCUT2D eigenvalue weighted by Gasteiger charge is -2.35. The highest BCUT2D eigenvalue weighted by Crippen LogP contribution is 2.40. The van der Waals surface area contributed by atoms with Gasteiger partial charge < -0.3 is 18.9 Å². The Bertz CT molecular complexity index is 1640. The minimum atomic E-state index is -4.55. The van der Waals surface area contributed by atoms with Gasteiger partial charge in [0.15, 0.2) is 0 Å². The van der Waals surface area contributed by atoms with Gasteiger partial charge in [0.1, 0.15) is 17.2 Å². The molecule has 0 radical (unpaired) electrons. The molecule has 1 amide bonds. The Morgan fingerprint density at radius 3 is 2.33 bits per heavy atom. The number of aromatic nitrogens is 2. The van der Waals surface area contributed by atoms with Crippen LogP contribution in [0.25, 0.3) is 17.2 Å². The van der Waals surface area contributed by atoms with Crippen LogP contribution in [-0.2, 0) is 24.6 Å². The molecular weight excluding hydrogens is 561 g/mol. The Kier molecular flexibility index (Phi) is 8.13. The number of hydrogen-bond acceptors (Lipinski definition) is 6. The van der Waals surface area contributed by atoms with Crippen molar-refractivity contribution < 1.29 is 27.4 Å². The van der Waals surface area contributed by atoms with E-state index in [2.05, 4.69) is 9.88 Å². The van der Waals surface area contributed by atoms with Crippen LogP contribution in [0.15, 0.2) is 46.9 Å². The molecule has 8 nitrogen and oxygen atoms in total. The first-order valence-corrected chi connectivity index (χ1v) is 14.0. The van der Waals surface area contributed by atoms with Crippen molar-refractivity contribution in [3.63, 3.8) is 0 Å². The normalized spacial score (nSPS) is 18.8. The van der Waals surface area contributed by atoms with Crippen molar-refractivity contribution in [3.8, 4) is 22.6 Å². The number of carbonyl (C=O) groups excluding carboxylic acids is 1. The number of piperazine rings is 1. The first kappa shape index (κ1) is 30.3. The summed E-state index contributed by atoms with van der Waals surface area (Å²) in [5.74, 6) is 1.14. The minimum absolute atomic E-state index is 0.0113. The van der Waals surface area contributed by atoms with Gasteiger partial charge in [-0.05, 0) is 68.7 Å². The maximum atomic E-state index is 13.3. The van der Waals surface area contributed by atoms with Crippen molar-refractivity contribution in [2.45, 2.75) is 52.0 Å². The van der Waals surface area contributed by atoms with E-state index in [1.807, 2.05) is 37.1 Å². The average Bonchev–Trinajstić information content (AvgIpc) is 3.58. The van der Waals surface area contributed by atoms with E-state index < -0.39 is 11.9 Å². The zero-order valence-electron chi connectivity index (χ0n) is 25.1. The molecule has 2 aromatic heterocycles. The van der Waals surface area contributed by atoms with Crippen molar-refractivity contribution in [3.05, 3.63) is 80.5 Å². The SMILES string of the molecule is COc1cc(-c2cn(C)c(=O)c(C)c2C)cc(OC)c1CN1CC2CC1CN2C(=O)/C(C)=C/c1cccc(C(F)(F)F)n1. The predicted molar refractivity (Wildman–Crippen MR) is 157 cm³/mol. The molecule has 2 aliphatic rings. The topological polar surface area (TPSA) is 76.9 Å². The number of ether oxygens (including phenoxy) is 2. The van der Waals surface area contributed by atoms with E-state index in [1.165, 1.54) is 18.2 Å². The van der Waals surface area contributed by atoms with Gasteiger partial charge in [0, 0.05) is 61.7 Å². The summed E-state index contributed by atoms with van der Waals surface area (Å²) < 4.78 is 52.4. The Morgan fingerprint density at radius 1 is 1.07 bits per heavy atom. The van der Waals surface area contributed by atoms with Crippen molar-refractivity contribution >= 4 is 12.0 Å². The van der Waals surface area contributed by atoms with Gasteiger partial charge in [0.2, 0.25) is 5.91 Å². The summed E-state index contributed by atoms with van der Waals surface area (Å²) in [6.07, 6.45) is -0.514. The fraction of sp³-hybridized carbons (Fsp3) is 0.406. The van der Waals surface area contributed by atoms with Crippen molar-refractivity contribution in [1.82, 2.24) is 19.4 Å². The number of rotatable bonds is 7. The van der Waals surface area contributed by atoms with Crippen LogP contribution >= 0.6 is 0 Å². The number of halogens is 3. The first-order chi connectivity index (χ1) is 20.3. The van der Waals surface area contributed by atoms with E-state index in [0.717, 1.165) is 34.7 Å². The molecule has 4 heterocycles. The van der Waals surface area contributed by atoms with Gasteiger partial charge in [0.25, 0.3) is 5.56 Å². The molecule has 0 N–H and O–H groups in total. The summed E-state index contributed by atoms with van der Waals surface area (Å²) in [6.45, 7) is 7.09. The maximum Gasteiger partial charge on any atom is 0.433 e. The van der Waals surface area contributed by atoms with Gasteiger partial charge in [-0.25, -0.2) is 4.98 Å². The highest BCUT2D eigenvalue weighted by atomic mass is 19.4. The third-order valence-electron chi connectivity index (χ3n) is 8.59. The van der Waals surface area contributed by atoms with E-state index in [1.54, 1.807) is 32.8 Å². The van der Waals surface area contributed by atoms with Crippen LogP contribution in [-0.4, -0.2) is 64.7 Å². The summed E-state index contributed by atoms with van der Waals surface area (Å²) in [5.41, 5.74) is 3.69. The second kappa shape index (κ2) is 11.5. The predicted octanol–water partition coefficient (Wildman–Crippen LogP) is 4.99. The fourth-order valence-electron chi connectivity index (χ4n) is 6.16. The molecule has 2 atom stereocenters. The lowest BCUT2D eigenvalue weighted by atomic mass is 9.97. The number of hydrogen-bond donors (Lipinski definition) is 0. The molecule has 11 heteroatoms. The fourth-order valence-corrected chi connectivity index (χ4v) is 6.16. The second-order valence-corrected chi connectivity index (χ2v) is 11.3. The molecule has 228 valence electrons.